The molecule has 1 heterocycles. The minimum Gasteiger partial charge on any atom is -0.497 e. The van der Waals surface area contributed by atoms with Crippen LogP contribution in [0.5, 0.6) is 5.75 Å². The van der Waals surface area contributed by atoms with E-state index in [2.05, 4.69) is 17.3 Å². The van der Waals surface area contributed by atoms with E-state index in [1.54, 1.807) is 19.1 Å². The van der Waals surface area contributed by atoms with Crippen LogP contribution in [0.15, 0.2) is 65.2 Å². The number of methoxy groups -OCH3 is 1. The molecular formula is C22H24N2O3. The first kappa shape index (κ1) is 18.7. The van der Waals surface area contributed by atoms with Gasteiger partial charge in [-0.25, -0.2) is 0 Å². The number of carbonyl (C=O) groups is 1. The third kappa shape index (κ3) is 4.76. The van der Waals surface area contributed by atoms with Crippen molar-refractivity contribution in [2.24, 2.45) is 0 Å². The molecule has 3 rings (SSSR count). The SMILES string of the molecule is COc1ccc([C@H](CC(=O)N(C)Cc2cc(C)no2)c2ccccc2)cc1. The van der Waals surface area contributed by atoms with Gasteiger partial charge >= 0.3 is 0 Å². The maximum atomic E-state index is 12.9. The van der Waals surface area contributed by atoms with Crippen LogP contribution in [0.3, 0.4) is 0 Å². The van der Waals surface area contributed by atoms with Crippen molar-refractivity contribution in [3.05, 3.63) is 83.2 Å². The molecule has 2 aromatic carbocycles. The van der Waals surface area contributed by atoms with Gasteiger partial charge in [-0.05, 0) is 30.2 Å². The number of aromatic nitrogens is 1. The van der Waals surface area contributed by atoms with Gasteiger partial charge in [-0.3, -0.25) is 4.79 Å². The van der Waals surface area contributed by atoms with E-state index in [4.69, 9.17) is 9.26 Å². The first-order valence-corrected chi connectivity index (χ1v) is 8.92. The van der Waals surface area contributed by atoms with E-state index < -0.39 is 0 Å². The summed E-state index contributed by atoms with van der Waals surface area (Å²) in [6.07, 6.45) is 0.375. The zero-order valence-corrected chi connectivity index (χ0v) is 15.9. The van der Waals surface area contributed by atoms with Crippen molar-refractivity contribution in [2.75, 3.05) is 14.2 Å². The average Bonchev–Trinajstić information content (AvgIpc) is 3.11. The minimum atomic E-state index is -0.0245. The molecule has 1 aromatic heterocycles. The summed E-state index contributed by atoms with van der Waals surface area (Å²) in [6, 6.07) is 19.8. The van der Waals surface area contributed by atoms with Crippen LogP contribution in [0.4, 0.5) is 0 Å². The summed E-state index contributed by atoms with van der Waals surface area (Å²) >= 11 is 0. The lowest BCUT2D eigenvalue weighted by molar-refractivity contribution is -0.130. The summed E-state index contributed by atoms with van der Waals surface area (Å²) in [7, 11) is 3.43. The van der Waals surface area contributed by atoms with Crippen LogP contribution in [-0.4, -0.2) is 30.1 Å². The van der Waals surface area contributed by atoms with Gasteiger partial charge < -0.3 is 14.2 Å². The molecule has 0 aliphatic heterocycles. The summed E-state index contributed by atoms with van der Waals surface area (Å²) in [5, 5.41) is 3.88. The monoisotopic (exact) mass is 364 g/mol. The number of amides is 1. The Labute approximate surface area is 159 Å². The lowest BCUT2D eigenvalue weighted by atomic mass is 9.88. The van der Waals surface area contributed by atoms with Gasteiger partial charge in [0, 0.05) is 25.5 Å². The van der Waals surface area contributed by atoms with Crippen molar-refractivity contribution in [2.45, 2.75) is 25.8 Å². The maximum Gasteiger partial charge on any atom is 0.223 e. The highest BCUT2D eigenvalue weighted by atomic mass is 16.5. The van der Waals surface area contributed by atoms with E-state index in [-0.39, 0.29) is 11.8 Å². The molecule has 5 nitrogen and oxygen atoms in total. The van der Waals surface area contributed by atoms with Crippen molar-refractivity contribution < 1.29 is 14.1 Å². The second kappa shape index (κ2) is 8.54. The standard InChI is InChI=1S/C22H24N2O3/c1-16-13-20(27-23-16)15-24(2)22(25)14-21(17-7-5-4-6-8-17)18-9-11-19(26-3)12-10-18/h4-13,21H,14-15H2,1-3H3/t21-/m1/s1. The molecule has 0 saturated carbocycles. The lowest BCUT2D eigenvalue weighted by Crippen LogP contribution is -2.27. The Bertz CT molecular complexity index is 872. The Hall–Kier alpha value is -3.08. The Morgan fingerprint density at radius 2 is 1.78 bits per heavy atom. The first-order chi connectivity index (χ1) is 13.1. The summed E-state index contributed by atoms with van der Waals surface area (Å²) in [5.74, 6) is 1.51. The number of benzene rings is 2. The molecule has 0 aliphatic rings. The Kier molecular flexibility index (Phi) is 5.91. The van der Waals surface area contributed by atoms with Gasteiger partial charge in [-0.1, -0.05) is 47.6 Å². The number of hydrogen-bond acceptors (Lipinski definition) is 4. The molecular weight excluding hydrogens is 340 g/mol. The van der Waals surface area contributed by atoms with Gasteiger partial charge in [0.15, 0.2) is 5.76 Å². The molecule has 0 fully saturated rings. The van der Waals surface area contributed by atoms with Gasteiger partial charge in [0.1, 0.15) is 5.75 Å². The predicted molar refractivity (Wildman–Crippen MR) is 104 cm³/mol. The summed E-state index contributed by atoms with van der Waals surface area (Å²) < 4.78 is 10.5. The number of rotatable bonds is 7. The van der Waals surface area contributed by atoms with Crippen LogP contribution in [0.25, 0.3) is 0 Å². The second-order valence-corrected chi connectivity index (χ2v) is 6.62. The molecule has 0 saturated heterocycles. The van der Waals surface area contributed by atoms with Crippen molar-refractivity contribution in [1.29, 1.82) is 0 Å². The molecule has 27 heavy (non-hydrogen) atoms. The molecule has 5 heteroatoms. The zero-order valence-electron chi connectivity index (χ0n) is 15.9. The quantitative estimate of drug-likeness (QED) is 0.631. The second-order valence-electron chi connectivity index (χ2n) is 6.62. The Balaban J connectivity index is 1.79. The first-order valence-electron chi connectivity index (χ1n) is 8.92. The topological polar surface area (TPSA) is 55.6 Å². The van der Waals surface area contributed by atoms with Crippen LogP contribution >= 0.6 is 0 Å². The molecule has 1 atom stereocenters. The van der Waals surface area contributed by atoms with Crippen LogP contribution in [0, 0.1) is 6.92 Å². The van der Waals surface area contributed by atoms with Crippen LogP contribution in [0.1, 0.15) is 34.9 Å². The molecule has 0 bridgehead atoms. The summed E-state index contributed by atoms with van der Waals surface area (Å²) in [5.41, 5.74) is 3.01. The predicted octanol–water partition coefficient (Wildman–Crippen LogP) is 4.17. The average molecular weight is 364 g/mol. The smallest absolute Gasteiger partial charge is 0.223 e. The molecule has 0 unspecified atom stereocenters. The van der Waals surface area contributed by atoms with Crippen molar-refractivity contribution in [3.8, 4) is 5.75 Å². The fourth-order valence-electron chi connectivity index (χ4n) is 3.09. The van der Waals surface area contributed by atoms with E-state index in [9.17, 15) is 4.79 Å². The molecule has 0 spiro atoms. The van der Waals surface area contributed by atoms with Crippen LogP contribution < -0.4 is 4.74 Å². The zero-order chi connectivity index (χ0) is 19.2. The molecule has 3 aromatic rings. The highest BCUT2D eigenvalue weighted by molar-refractivity contribution is 5.77. The van der Waals surface area contributed by atoms with E-state index >= 15 is 0 Å². The Morgan fingerprint density at radius 1 is 1.11 bits per heavy atom. The lowest BCUT2D eigenvalue weighted by Gasteiger charge is -2.22. The molecule has 0 aliphatic carbocycles. The fourth-order valence-corrected chi connectivity index (χ4v) is 3.09. The maximum absolute atomic E-state index is 12.9. The third-order valence-electron chi connectivity index (χ3n) is 4.59. The van der Waals surface area contributed by atoms with Crippen molar-refractivity contribution >= 4 is 5.91 Å². The molecule has 0 radical (unpaired) electrons. The number of carbonyl (C=O) groups excluding carboxylic acids is 1. The van der Waals surface area contributed by atoms with Gasteiger partial charge in [0.05, 0.1) is 19.3 Å². The number of aryl methyl sites for hydroxylation is 1. The summed E-state index contributed by atoms with van der Waals surface area (Å²) in [4.78, 5) is 14.6. The number of hydrogen-bond donors (Lipinski definition) is 0. The van der Waals surface area contributed by atoms with Crippen molar-refractivity contribution in [3.63, 3.8) is 0 Å². The van der Waals surface area contributed by atoms with Gasteiger partial charge in [0.25, 0.3) is 0 Å². The molecule has 140 valence electrons. The number of nitrogens with zero attached hydrogens (tertiary/aromatic N) is 2. The van der Waals surface area contributed by atoms with Gasteiger partial charge in [0.2, 0.25) is 5.91 Å². The summed E-state index contributed by atoms with van der Waals surface area (Å²) in [6.45, 7) is 2.27. The third-order valence-corrected chi connectivity index (χ3v) is 4.59. The van der Waals surface area contributed by atoms with E-state index in [0.717, 1.165) is 22.6 Å². The normalized spacial score (nSPS) is 11.8. The minimum absolute atomic E-state index is 0.0245. The van der Waals surface area contributed by atoms with Crippen molar-refractivity contribution in [1.82, 2.24) is 10.1 Å². The van der Waals surface area contributed by atoms with Crippen LogP contribution in [0.2, 0.25) is 0 Å². The van der Waals surface area contributed by atoms with Crippen LogP contribution in [-0.2, 0) is 11.3 Å². The van der Waals surface area contributed by atoms with Gasteiger partial charge in [-0.2, -0.15) is 0 Å². The largest absolute Gasteiger partial charge is 0.497 e. The van der Waals surface area contributed by atoms with E-state index in [0.29, 0.717) is 18.7 Å². The van der Waals surface area contributed by atoms with E-state index in [1.165, 1.54) is 0 Å². The van der Waals surface area contributed by atoms with Gasteiger partial charge in [-0.15, -0.1) is 0 Å². The number of ether oxygens (including phenoxy) is 1. The highest BCUT2D eigenvalue weighted by Gasteiger charge is 2.21. The fraction of sp³-hybridized carbons (Fsp3) is 0.273. The highest BCUT2D eigenvalue weighted by Crippen LogP contribution is 2.30. The Morgan fingerprint density at radius 3 is 2.37 bits per heavy atom. The molecule has 0 N–H and O–H groups in total. The van der Waals surface area contributed by atoms with E-state index in [1.807, 2.05) is 55.5 Å². The molecule has 1 amide bonds.